The summed E-state index contributed by atoms with van der Waals surface area (Å²) in [7, 11) is 0. The molecule has 9 nitrogen and oxygen atoms in total. The van der Waals surface area contributed by atoms with E-state index in [1.807, 2.05) is 0 Å². The number of ketones is 1. The van der Waals surface area contributed by atoms with Gasteiger partial charge in [-0.15, -0.1) is 0 Å². The molecule has 0 aromatic heterocycles. The van der Waals surface area contributed by atoms with Crippen LogP contribution in [-0.4, -0.2) is 47.2 Å². The number of carbonyl (C=O) groups excluding carboxylic acids is 3. The van der Waals surface area contributed by atoms with Gasteiger partial charge in [-0.3, -0.25) is 19.7 Å². The van der Waals surface area contributed by atoms with Crippen LogP contribution in [0.2, 0.25) is 0 Å². The maximum atomic E-state index is 13.0. The number of hydrogen-bond donors (Lipinski definition) is 1. The number of ether oxygens (including phenoxy) is 1. The number of nitro groups is 1. The molecule has 2 heterocycles. The number of hydrogen-bond acceptors (Lipinski definition) is 7. The van der Waals surface area contributed by atoms with Crippen molar-refractivity contribution in [2.75, 3.05) is 19.7 Å². The van der Waals surface area contributed by atoms with E-state index in [4.69, 9.17) is 4.74 Å². The van der Waals surface area contributed by atoms with Gasteiger partial charge in [0.25, 0.3) is 11.6 Å². The topological polar surface area (TPSA) is 119 Å². The molecule has 1 unspecified atom stereocenters. The fourth-order valence-electron chi connectivity index (χ4n) is 4.42. The van der Waals surface area contributed by atoms with Crippen molar-refractivity contribution in [3.05, 3.63) is 62.5 Å². The van der Waals surface area contributed by atoms with E-state index in [0.29, 0.717) is 43.5 Å². The SMILES string of the molecule is CCOC(=O)C1=C2C(=O)NCCN2C2=C(C(=O)CCC2)C1c1ccc([N+](=O)[O-])cc1. The molecule has 156 valence electrons. The molecule has 1 aromatic rings. The summed E-state index contributed by atoms with van der Waals surface area (Å²) in [6.07, 6.45) is 1.65. The summed E-state index contributed by atoms with van der Waals surface area (Å²) in [6.45, 7) is 2.65. The van der Waals surface area contributed by atoms with Crippen LogP contribution in [0.5, 0.6) is 0 Å². The number of carbonyl (C=O) groups is 3. The van der Waals surface area contributed by atoms with Crippen molar-refractivity contribution >= 4 is 23.3 Å². The number of nitrogens with zero attached hydrogens (tertiary/aromatic N) is 2. The van der Waals surface area contributed by atoms with Gasteiger partial charge in [0.05, 0.1) is 17.1 Å². The van der Waals surface area contributed by atoms with Crippen LogP contribution in [0, 0.1) is 10.1 Å². The fourth-order valence-corrected chi connectivity index (χ4v) is 4.42. The van der Waals surface area contributed by atoms with Crippen molar-refractivity contribution in [2.24, 2.45) is 0 Å². The lowest BCUT2D eigenvalue weighted by molar-refractivity contribution is -0.384. The molecule has 4 rings (SSSR count). The number of piperazine rings is 1. The van der Waals surface area contributed by atoms with Gasteiger partial charge >= 0.3 is 5.97 Å². The molecule has 0 spiro atoms. The van der Waals surface area contributed by atoms with E-state index in [9.17, 15) is 24.5 Å². The second kappa shape index (κ2) is 7.74. The van der Waals surface area contributed by atoms with Gasteiger partial charge < -0.3 is 15.0 Å². The Kier molecular flexibility index (Phi) is 5.11. The van der Waals surface area contributed by atoms with E-state index in [-0.39, 0.29) is 35.3 Å². The number of allylic oxidation sites excluding steroid dienone is 2. The number of rotatable bonds is 4. The Bertz CT molecular complexity index is 1010. The first-order valence-corrected chi connectivity index (χ1v) is 9.91. The van der Waals surface area contributed by atoms with E-state index >= 15 is 0 Å². The van der Waals surface area contributed by atoms with Crippen molar-refractivity contribution < 1.29 is 24.0 Å². The first-order valence-electron chi connectivity index (χ1n) is 9.91. The Labute approximate surface area is 172 Å². The average Bonchev–Trinajstić information content (AvgIpc) is 2.73. The quantitative estimate of drug-likeness (QED) is 0.457. The molecule has 1 saturated heterocycles. The molecule has 0 bridgehead atoms. The number of amides is 1. The molecule has 0 saturated carbocycles. The highest BCUT2D eigenvalue weighted by atomic mass is 16.6. The Morgan fingerprint density at radius 2 is 2.00 bits per heavy atom. The van der Waals surface area contributed by atoms with Gasteiger partial charge in [0, 0.05) is 48.8 Å². The highest BCUT2D eigenvalue weighted by Crippen LogP contribution is 2.47. The van der Waals surface area contributed by atoms with Crippen LogP contribution in [-0.2, 0) is 19.1 Å². The first kappa shape index (κ1) is 19.8. The van der Waals surface area contributed by atoms with Gasteiger partial charge in [-0.1, -0.05) is 12.1 Å². The summed E-state index contributed by atoms with van der Waals surface area (Å²) in [5.41, 5.74) is 2.00. The Hall–Kier alpha value is -3.49. The third-order valence-electron chi connectivity index (χ3n) is 5.63. The zero-order chi connectivity index (χ0) is 21.4. The Morgan fingerprint density at radius 1 is 1.27 bits per heavy atom. The minimum absolute atomic E-state index is 0.0774. The van der Waals surface area contributed by atoms with Crippen molar-refractivity contribution in [1.29, 1.82) is 0 Å². The van der Waals surface area contributed by atoms with Gasteiger partial charge in [0.2, 0.25) is 0 Å². The number of benzene rings is 1. The molecule has 1 atom stereocenters. The van der Waals surface area contributed by atoms with E-state index in [1.54, 1.807) is 11.8 Å². The van der Waals surface area contributed by atoms with Gasteiger partial charge in [0.15, 0.2) is 5.78 Å². The minimum Gasteiger partial charge on any atom is -0.463 e. The molecule has 1 aliphatic carbocycles. The summed E-state index contributed by atoms with van der Waals surface area (Å²) in [5.74, 6) is -1.93. The maximum Gasteiger partial charge on any atom is 0.337 e. The van der Waals surface area contributed by atoms with Crippen molar-refractivity contribution in [2.45, 2.75) is 32.1 Å². The van der Waals surface area contributed by atoms with Crippen molar-refractivity contribution in [3.8, 4) is 0 Å². The highest BCUT2D eigenvalue weighted by molar-refractivity contribution is 6.09. The van der Waals surface area contributed by atoms with Crippen molar-refractivity contribution in [1.82, 2.24) is 10.2 Å². The van der Waals surface area contributed by atoms with E-state index < -0.39 is 16.8 Å². The molecular weight excluding hydrogens is 390 g/mol. The Morgan fingerprint density at radius 3 is 2.67 bits per heavy atom. The number of nitro benzene ring substituents is 1. The predicted molar refractivity (Wildman–Crippen MR) is 105 cm³/mol. The monoisotopic (exact) mass is 411 g/mol. The third kappa shape index (κ3) is 3.16. The number of Topliss-reactive ketones (excluding diaryl/α,β-unsaturated/α-hetero) is 1. The highest BCUT2D eigenvalue weighted by Gasteiger charge is 2.46. The second-order valence-corrected chi connectivity index (χ2v) is 7.31. The van der Waals surface area contributed by atoms with Crippen LogP contribution < -0.4 is 5.32 Å². The summed E-state index contributed by atoms with van der Waals surface area (Å²) >= 11 is 0. The summed E-state index contributed by atoms with van der Waals surface area (Å²) in [6, 6.07) is 5.74. The van der Waals surface area contributed by atoms with Crippen LogP contribution in [0.3, 0.4) is 0 Å². The predicted octanol–water partition coefficient (Wildman–Crippen LogP) is 1.95. The summed E-state index contributed by atoms with van der Waals surface area (Å²) < 4.78 is 5.26. The minimum atomic E-state index is -0.803. The smallest absolute Gasteiger partial charge is 0.337 e. The molecule has 1 amide bonds. The normalized spacial score (nSPS) is 21.1. The van der Waals surface area contributed by atoms with Gasteiger partial charge in [-0.2, -0.15) is 0 Å². The van der Waals surface area contributed by atoms with E-state index in [1.165, 1.54) is 24.3 Å². The number of esters is 1. The summed E-state index contributed by atoms with van der Waals surface area (Å²) in [4.78, 5) is 51.1. The average molecular weight is 411 g/mol. The zero-order valence-corrected chi connectivity index (χ0v) is 16.5. The van der Waals surface area contributed by atoms with E-state index in [0.717, 1.165) is 5.70 Å². The van der Waals surface area contributed by atoms with Gasteiger partial charge in [-0.25, -0.2) is 4.79 Å². The maximum absolute atomic E-state index is 13.0. The zero-order valence-electron chi connectivity index (χ0n) is 16.5. The Balaban J connectivity index is 1.95. The van der Waals surface area contributed by atoms with Gasteiger partial charge in [0.1, 0.15) is 5.70 Å². The molecule has 1 fully saturated rings. The lowest BCUT2D eigenvalue weighted by atomic mass is 9.74. The van der Waals surface area contributed by atoms with E-state index in [2.05, 4.69) is 5.32 Å². The van der Waals surface area contributed by atoms with Gasteiger partial charge in [-0.05, 0) is 25.3 Å². The number of fused-ring (bicyclic) bond motifs is 2. The second-order valence-electron chi connectivity index (χ2n) is 7.31. The molecule has 1 aromatic carbocycles. The molecule has 1 N–H and O–H groups in total. The third-order valence-corrected chi connectivity index (χ3v) is 5.63. The lowest BCUT2D eigenvalue weighted by Crippen LogP contribution is -2.50. The molecule has 2 aliphatic heterocycles. The molecule has 0 radical (unpaired) electrons. The first-order chi connectivity index (χ1) is 14.4. The van der Waals surface area contributed by atoms with Crippen LogP contribution in [0.4, 0.5) is 5.69 Å². The molecular formula is C21H21N3O6. The standard InChI is InChI=1S/C21H21N3O6/c1-2-30-21(27)18-16(12-6-8-13(9-7-12)24(28)29)17-14(4-3-5-15(17)25)23-11-10-22-20(26)19(18)23/h6-9,16H,2-5,10-11H2,1H3,(H,22,26). The largest absolute Gasteiger partial charge is 0.463 e. The lowest BCUT2D eigenvalue weighted by Gasteiger charge is -2.43. The van der Waals surface area contributed by atoms with Crippen LogP contribution in [0.15, 0.2) is 46.8 Å². The summed E-state index contributed by atoms with van der Waals surface area (Å²) in [5, 5.41) is 13.8. The van der Waals surface area contributed by atoms with Crippen LogP contribution >= 0.6 is 0 Å². The van der Waals surface area contributed by atoms with Crippen molar-refractivity contribution in [3.63, 3.8) is 0 Å². The molecule has 30 heavy (non-hydrogen) atoms. The van der Waals surface area contributed by atoms with Crippen LogP contribution in [0.25, 0.3) is 0 Å². The number of nitrogens with one attached hydrogen (secondary N) is 1. The number of non-ortho nitro benzene ring substituents is 1. The van der Waals surface area contributed by atoms with Crippen LogP contribution in [0.1, 0.15) is 37.7 Å². The molecule has 9 heteroatoms. The fraction of sp³-hybridized carbons (Fsp3) is 0.381. The molecule has 3 aliphatic rings.